The first-order chi connectivity index (χ1) is 16.7. The summed E-state index contributed by atoms with van der Waals surface area (Å²) in [7, 11) is 5.00. The van der Waals surface area contributed by atoms with Gasteiger partial charge in [0.25, 0.3) is 0 Å². The van der Waals surface area contributed by atoms with Crippen molar-refractivity contribution >= 4 is 23.9 Å². The molecule has 0 N–H and O–H groups in total. The Balaban J connectivity index is 1.60. The number of carbonyl (C=O) groups is 4. The molecule has 7 bridgehead atoms. The lowest BCUT2D eigenvalue weighted by atomic mass is 9.48. The van der Waals surface area contributed by atoms with E-state index in [0.717, 1.165) is 25.7 Å². The quantitative estimate of drug-likeness (QED) is 0.344. The Morgan fingerprint density at radius 3 is 1.46 bits per heavy atom. The molecule has 0 aromatic heterocycles. The van der Waals surface area contributed by atoms with Gasteiger partial charge in [0.1, 0.15) is 0 Å². The molecular formula is C23H28N4O8. The van der Waals surface area contributed by atoms with Gasteiger partial charge in [-0.05, 0) is 25.7 Å². The highest BCUT2D eigenvalue weighted by molar-refractivity contribution is 6.20. The Kier molecular flexibility index (Phi) is 3.20. The number of hydrogen-bond acceptors (Lipinski definition) is 12. The van der Waals surface area contributed by atoms with E-state index in [0.29, 0.717) is 0 Å². The molecule has 0 spiro atoms. The zero-order chi connectivity index (χ0) is 24.7. The molecule has 12 heteroatoms. The summed E-state index contributed by atoms with van der Waals surface area (Å²) in [5.74, 6) is -2.79. The topological polar surface area (TPSA) is 118 Å². The van der Waals surface area contributed by atoms with Crippen molar-refractivity contribution in [3.63, 3.8) is 0 Å². The van der Waals surface area contributed by atoms with Crippen molar-refractivity contribution in [2.24, 2.45) is 16.7 Å². The van der Waals surface area contributed by atoms with Crippen LogP contribution in [0.3, 0.4) is 0 Å². The standard InChI is InChI=1S/C23H28N4O8/c1-19-12-8-6-10-14(19)11-7-9-13(19)27-23(18(31)35-5)20(15(28)32-2)21(16(29)33-3,24(10)26(12)23)22(20,25(11)27)17(30)34-4/h10-14H,6-9H2,1-5H3. The second-order valence-corrected chi connectivity index (χ2v) is 11.4. The van der Waals surface area contributed by atoms with Crippen LogP contribution in [0, 0.1) is 16.7 Å². The summed E-state index contributed by atoms with van der Waals surface area (Å²) < 4.78 is 21.6. The van der Waals surface area contributed by atoms with E-state index in [1.54, 1.807) is 0 Å². The van der Waals surface area contributed by atoms with E-state index in [9.17, 15) is 19.2 Å². The van der Waals surface area contributed by atoms with Crippen LogP contribution in [0.25, 0.3) is 0 Å². The lowest BCUT2D eigenvalue weighted by Gasteiger charge is -2.79. The van der Waals surface area contributed by atoms with Gasteiger partial charge >= 0.3 is 23.9 Å². The molecule has 3 saturated carbocycles. The summed E-state index contributed by atoms with van der Waals surface area (Å²) in [6.07, 6.45) is 3.24. The molecule has 35 heavy (non-hydrogen) atoms. The minimum atomic E-state index is -1.94. The molecule has 10 aliphatic rings. The maximum absolute atomic E-state index is 14.2. The predicted molar refractivity (Wildman–Crippen MR) is 111 cm³/mol. The first kappa shape index (κ1) is 20.9. The second-order valence-electron chi connectivity index (χ2n) is 11.4. The first-order valence-electron chi connectivity index (χ1n) is 12.3. The van der Waals surface area contributed by atoms with Crippen molar-refractivity contribution in [2.75, 3.05) is 28.4 Å². The van der Waals surface area contributed by atoms with Crippen molar-refractivity contribution in [1.82, 2.24) is 20.0 Å². The van der Waals surface area contributed by atoms with Crippen LogP contribution in [-0.2, 0) is 38.1 Å². The molecule has 0 aromatic rings. The van der Waals surface area contributed by atoms with Gasteiger partial charge in [0.05, 0.1) is 28.4 Å². The molecular weight excluding hydrogens is 460 g/mol. The number of rotatable bonds is 4. The van der Waals surface area contributed by atoms with Crippen molar-refractivity contribution in [2.45, 2.75) is 73.5 Å². The largest absolute Gasteiger partial charge is 0.468 e. The van der Waals surface area contributed by atoms with Gasteiger partial charge in [0.2, 0.25) is 5.66 Å². The molecule has 0 amide bonds. The van der Waals surface area contributed by atoms with E-state index in [-0.39, 0.29) is 35.5 Å². The number of fused-ring (bicyclic) bond motifs is 3. The summed E-state index contributed by atoms with van der Waals surface area (Å²) in [6, 6.07) is -0.503. The fourth-order valence-corrected chi connectivity index (χ4v) is 11.2. The van der Waals surface area contributed by atoms with Gasteiger partial charge in [-0.3, -0.25) is 4.79 Å². The zero-order valence-corrected chi connectivity index (χ0v) is 20.3. The Morgan fingerprint density at radius 1 is 0.629 bits per heavy atom. The lowest BCUT2D eigenvalue weighted by Crippen LogP contribution is -2.92. The van der Waals surface area contributed by atoms with E-state index < -0.39 is 46.0 Å². The first-order valence-corrected chi connectivity index (χ1v) is 12.3. The molecule has 6 unspecified atom stereocenters. The average Bonchev–Trinajstić information content (AvgIpc) is 3.27. The molecule has 0 aromatic carbocycles. The summed E-state index contributed by atoms with van der Waals surface area (Å²) in [5.41, 5.74) is -7.48. The summed E-state index contributed by atoms with van der Waals surface area (Å²) >= 11 is 0. The van der Waals surface area contributed by atoms with Crippen LogP contribution >= 0.6 is 0 Å². The molecule has 7 saturated heterocycles. The van der Waals surface area contributed by atoms with E-state index in [1.807, 2.05) is 20.0 Å². The highest BCUT2D eigenvalue weighted by Crippen LogP contribution is 2.93. The SMILES string of the molecule is COC(=O)C12N3C4CCC5C6C7CCC(N1N7C1(C(=O)OC)C(C(=O)OC)(N53)C21C(=O)OC)C64C. The van der Waals surface area contributed by atoms with Gasteiger partial charge in [-0.1, -0.05) is 6.92 Å². The second kappa shape index (κ2) is 5.36. The monoisotopic (exact) mass is 488 g/mol. The number of hydrogen-bond donors (Lipinski definition) is 0. The summed E-state index contributed by atoms with van der Waals surface area (Å²) in [4.78, 5) is 56.5. The maximum atomic E-state index is 14.2. The highest BCUT2D eigenvalue weighted by atomic mass is 16.6. The summed E-state index contributed by atoms with van der Waals surface area (Å²) in [6.45, 7) is 2.28. The van der Waals surface area contributed by atoms with Crippen LogP contribution < -0.4 is 0 Å². The smallest absolute Gasteiger partial charge is 0.345 e. The van der Waals surface area contributed by atoms with Gasteiger partial charge in [-0.2, -0.15) is 0 Å². The fraction of sp³-hybridized carbons (Fsp3) is 0.826. The van der Waals surface area contributed by atoms with Crippen LogP contribution in [0.2, 0.25) is 0 Å². The molecule has 10 rings (SSSR count). The summed E-state index contributed by atoms with van der Waals surface area (Å²) in [5, 5.41) is 7.69. The normalized spacial score (nSPS) is 55.4. The van der Waals surface area contributed by atoms with Crippen LogP contribution in [0.4, 0.5) is 0 Å². The Morgan fingerprint density at radius 2 is 1.06 bits per heavy atom. The predicted octanol–water partition coefficient (Wildman–Crippen LogP) is -1.36. The van der Waals surface area contributed by atoms with Crippen molar-refractivity contribution < 1.29 is 38.1 Å². The highest BCUT2D eigenvalue weighted by Gasteiger charge is 3.20. The van der Waals surface area contributed by atoms with Crippen LogP contribution in [0.15, 0.2) is 0 Å². The third-order valence-corrected chi connectivity index (χ3v) is 11.5. The molecule has 10 fully saturated rings. The van der Waals surface area contributed by atoms with Crippen LogP contribution in [-0.4, -0.2) is 113 Å². The maximum Gasteiger partial charge on any atom is 0.345 e. The minimum Gasteiger partial charge on any atom is -0.468 e. The fourth-order valence-electron chi connectivity index (χ4n) is 11.2. The number of hydrazine groups is 2. The molecule has 7 aliphatic heterocycles. The van der Waals surface area contributed by atoms with Crippen molar-refractivity contribution in [3.8, 4) is 0 Å². The van der Waals surface area contributed by atoms with Gasteiger partial charge < -0.3 is 18.9 Å². The molecule has 0 radical (unpaired) electrons. The third kappa shape index (κ3) is 1.28. The molecule has 7 heterocycles. The van der Waals surface area contributed by atoms with Gasteiger partial charge in [0.15, 0.2) is 16.5 Å². The van der Waals surface area contributed by atoms with Crippen molar-refractivity contribution in [1.29, 1.82) is 0 Å². The molecule has 12 nitrogen and oxygen atoms in total. The van der Waals surface area contributed by atoms with E-state index >= 15 is 0 Å². The number of methoxy groups -OCH3 is 4. The average molecular weight is 488 g/mol. The molecule has 188 valence electrons. The van der Waals surface area contributed by atoms with E-state index in [1.165, 1.54) is 28.4 Å². The lowest BCUT2D eigenvalue weighted by molar-refractivity contribution is -0.400. The Bertz CT molecular complexity index is 1110. The van der Waals surface area contributed by atoms with Gasteiger partial charge in [0, 0.05) is 35.5 Å². The minimum absolute atomic E-state index is 0.105. The van der Waals surface area contributed by atoms with Crippen LogP contribution in [0.5, 0.6) is 0 Å². The van der Waals surface area contributed by atoms with E-state index in [4.69, 9.17) is 18.9 Å². The van der Waals surface area contributed by atoms with Gasteiger partial charge in [-0.15, -0.1) is 0 Å². The Labute approximate surface area is 201 Å². The Hall–Kier alpha value is -2.28. The molecule has 3 aliphatic carbocycles. The number of nitrogens with zero attached hydrogens (tertiary/aromatic N) is 4. The number of ether oxygens (including phenoxy) is 4. The van der Waals surface area contributed by atoms with Gasteiger partial charge in [-0.25, -0.2) is 34.4 Å². The third-order valence-electron chi connectivity index (χ3n) is 11.5. The zero-order valence-electron chi connectivity index (χ0n) is 20.3. The number of carbonyl (C=O) groups excluding carboxylic acids is 4. The van der Waals surface area contributed by atoms with E-state index in [2.05, 4.69) is 6.92 Å². The van der Waals surface area contributed by atoms with Crippen molar-refractivity contribution in [3.05, 3.63) is 0 Å². The molecule has 6 atom stereocenters. The van der Waals surface area contributed by atoms with Crippen LogP contribution in [0.1, 0.15) is 32.6 Å². The number of esters is 4.